The summed E-state index contributed by atoms with van der Waals surface area (Å²) in [6.07, 6.45) is 0.250. The molecule has 0 aliphatic carbocycles. The lowest BCUT2D eigenvalue weighted by Gasteiger charge is -2.24. The van der Waals surface area contributed by atoms with Gasteiger partial charge in [-0.05, 0) is 62.1 Å². The van der Waals surface area contributed by atoms with E-state index in [1.807, 2.05) is 64.1 Å². The van der Waals surface area contributed by atoms with Gasteiger partial charge in [-0.1, -0.05) is 24.3 Å². The van der Waals surface area contributed by atoms with Gasteiger partial charge in [-0.3, -0.25) is 9.59 Å². The van der Waals surface area contributed by atoms with Crippen LogP contribution in [-0.2, 0) is 9.59 Å². The van der Waals surface area contributed by atoms with Crippen LogP contribution in [0.5, 0.6) is 0 Å². The molecule has 4 nitrogen and oxygen atoms in total. The summed E-state index contributed by atoms with van der Waals surface area (Å²) >= 11 is 0. The average molecular weight is 338 g/mol. The minimum atomic E-state index is -0.0924. The van der Waals surface area contributed by atoms with Crippen molar-refractivity contribution < 1.29 is 9.59 Å². The van der Waals surface area contributed by atoms with Crippen LogP contribution in [-0.4, -0.2) is 18.4 Å². The van der Waals surface area contributed by atoms with E-state index in [9.17, 15) is 9.59 Å². The topological polar surface area (TPSA) is 49.4 Å². The van der Waals surface area contributed by atoms with Crippen LogP contribution in [0.15, 0.2) is 36.4 Å². The summed E-state index contributed by atoms with van der Waals surface area (Å²) < 4.78 is 0. The van der Waals surface area contributed by atoms with E-state index in [0.29, 0.717) is 6.54 Å². The number of aryl methyl sites for hydroxylation is 2. The van der Waals surface area contributed by atoms with Crippen LogP contribution in [0.1, 0.15) is 35.6 Å². The second kappa shape index (κ2) is 7.97. The normalized spacial score (nSPS) is 10.4. The van der Waals surface area contributed by atoms with Gasteiger partial charge in [-0.15, -0.1) is 0 Å². The first kappa shape index (κ1) is 18.7. The number of rotatable bonds is 5. The molecule has 2 aromatic rings. The van der Waals surface area contributed by atoms with Crippen molar-refractivity contribution in [2.75, 3.05) is 16.8 Å². The molecule has 0 aliphatic heterocycles. The second-order valence-electron chi connectivity index (χ2n) is 6.44. The fourth-order valence-corrected chi connectivity index (χ4v) is 2.79. The lowest BCUT2D eigenvalue weighted by molar-refractivity contribution is -0.117. The number of nitrogens with zero attached hydrogens (tertiary/aromatic N) is 1. The summed E-state index contributed by atoms with van der Waals surface area (Å²) in [5.74, 6) is -0.154. The molecule has 0 radical (unpaired) electrons. The van der Waals surface area contributed by atoms with Crippen molar-refractivity contribution in [3.63, 3.8) is 0 Å². The summed E-state index contributed by atoms with van der Waals surface area (Å²) in [6.45, 7) is 9.91. The first-order valence-electron chi connectivity index (χ1n) is 8.51. The zero-order valence-corrected chi connectivity index (χ0v) is 15.6. The quantitative estimate of drug-likeness (QED) is 0.883. The highest BCUT2D eigenvalue weighted by molar-refractivity contribution is 5.95. The summed E-state index contributed by atoms with van der Waals surface area (Å²) in [6, 6.07) is 11.7. The monoisotopic (exact) mass is 338 g/mol. The molecule has 132 valence electrons. The molecule has 0 unspecified atom stereocenters. The Kier molecular flexibility index (Phi) is 5.97. The highest BCUT2D eigenvalue weighted by Gasteiger charge is 2.16. The molecule has 0 aliphatic rings. The van der Waals surface area contributed by atoms with Crippen molar-refractivity contribution in [3.05, 3.63) is 58.7 Å². The van der Waals surface area contributed by atoms with E-state index >= 15 is 0 Å². The molecule has 2 aromatic carbocycles. The van der Waals surface area contributed by atoms with Crippen LogP contribution < -0.4 is 10.2 Å². The first-order chi connectivity index (χ1) is 11.8. The van der Waals surface area contributed by atoms with E-state index in [4.69, 9.17) is 0 Å². The fraction of sp³-hybridized carbons (Fsp3) is 0.333. The van der Waals surface area contributed by atoms with E-state index < -0.39 is 0 Å². The first-order valence-corrected chi connectivity index (χ1v) is 8.51. The molecular weight excluding hydrogens is 312 g/mol. The number of benzene rings is 2. The molecule has 4 heteroatoms. The Morgan fingerprint density at radius 2 is 1.52 bits per heavy atom. The zero-order valence-electron chi connectivity index (χ0n) is 15.6. The Hall–Kier alpha value is -2.62. The van der Waals surface area contributed by atoms with Gasteiger partial charge in [-0.2, -0.15) is 0 Å². The van der Waals surface area contributed by atoms with Gasteiger partial charge < -0.3 is 10.2 Å². The molecule has 0 atom stereocenters. The standard InChI is InChI=1S/C21H26N2O2/c1-14-8-6-10-19(16(14)3)22-21(25)12-13-23(18(5)24)20-11-7-9-15(2)17(20)4/h6-11H,12-13H2,1-5H3,(H,22,25). The van der Waals surface area contributed by atoms with Crippen LogP contribution in [0.3, 0.4) is 0 Å². The summed E-state index contributed by atoms with van der Waals surface area (Å²) in [4.78, 5) is 26.1. The van der Waals surface area contributed by atoms with E-state index in [1.165, 1.54) is 6.92 Å². The van der Waals surface area contributed by atoms with Gasteiger partial charge in [0.15, 0.2) is 0 Å². The molecule has 0 saturated carbocycles. The van der Waals surface area contributed by atoms with E-state index in [-0.39, 0.29) is 18.2 Å². The lowest BCUT2D eigenvalue weighted by Crippen LogP contribution is -2.32. The summed E-state index contributed by atoms with van der Waals surface area (Å²) in [5, 5.41) is 2.95. The maximum absolute atomic E-state index is 12.3. The minimum absolute atomic E-state index is 0.0618. The molecule has 0 fully saturated rings. The van der Waals surface area contributed by atoms with Crippen molar-refractivity contribution in [2.45, 2.75) is 41.0 Å². The van der Waals surface area contributed by atoms with Gasteiger partial charge in [0.1, 0.15) is 0 Å². The fourth-order valence-electron chi connectivity index (χ4n) is 2.79. The van der Waals surface area contributed by atoms with Crippen LogP contribution in [0, 0.1) is 27.7 Å². The molecule has 0 bridgehead atoms. The van der Waals surface area contributed by atoms with Crippen LogP contribution in [0.25, 0.3) is 0 Å². The average Bonchev–Trinajstić information content (AvgIpc) is 2.55. The number of anilines is 2. The molecule has 0 heterocycles. The zero-order chi connectivity index (χ0) is 18.6. The van der Waals surface area contributed by atoms with Gasteiger partial charge >= 0.3 is 0 Å². The highest BCUT2D eigenvalue weighted by atomic mass is 16.2. The SMILES string of the molecule is CC(=O)N(CCC(=O)Nc1cccc(C)c1C)c1cccc(C)c1C. The molecular formula is C21H26N2O2. The third kappa shape index (κ3) is 4.47. The van der Waals surface area contributed by atoms with Gasteiger partial charge in [0.25, 0.3) is 0 Å². The Balaban J connectivity index is 2.09. The highest BCUT2D eigenvalue weighted by Crippen LogP contribution is 2.23. The summed E-state index contributed by atoms with van der Waals surface area (Å²) in [7, 11) is 0. The Labute approximate surface area is 149 Å². The van der Waals surface area contributed by atoms with Crippen LogP contribution in [0.2, 0.25) is 0 Å². The maximum atomic E-state index is 12.3. The maximum Gasteiger partial charge on any atom is 0.226 e. The van der Waals surface area contributed by atoms with Crippen LogP contribution >= 0.6 is 0 Å². The van der Waals surface area contributed by atoms with Crippen molar-refractivity contribution in [1.82, 2.24) is 0 Å². The van der Waals surface area contributed by atoms with Gasteiger partial charge in [0.2, 0.25) is 11.8 Å². The van der Waals surface area contributed by atoms with Crippen LogP contribution in [0.4, 0.5) is 11.4 Å². The lowest BCUT2D eigenvalue weighted by atomic mass is 10.1. The van der Waals surface area contributed by atoms with Crippen molar-refractivity contribution in [1.29, 1.82) is 0 Å². The third-order valence-corrected chi connectivity index (χ3v) is 4.69. The molecule has 0 spiro atoms. The van der Waals surface area contributed by atoms with Gasteiger partial charge in [0, 0.05) is 31.3 Å². The number of carbonyl (C=O) groups is 2. The molecule has 0 aromatic heterocycles. The van der Waals surface area contributed by atoms with Crippen molar-refractivity contribution in [3.8, 4) is 0 Å². The molecule has 1 N–H and O–H groups in total. The molecule has 0 saturated heterocycles. The van der Waals surface area contributed by atoms with Crippen molar-refractivity contribution in [2.24, 2.45) is 0 Å². The number of nitrogens with one attached hydrogen (secondary N) is 1. The second-order valence-corrected chi connectivity index (χ2v) is 6.44. The molecule has 2 amide bonds. The van der Waals surface area contributed by atoms with Crippen molar-refractivity contribution >= 4 is 23.2 Å². The predicted molar refractivity (Wildman–Crippen MR) is 103 cm³/mol. The number of hydrogen-bond acceptors (Lipinski definition) is 2. The smallest absolute Gasteiger partial charge is 0.226 e. The summed E-state index contributed by atoms with van der Waals surface area (Å²) in [5.41, 5.74) is 6.08. The number of amides is 2. The Morgan fingerprint density at radius 1 is 0.920 bits per heavy atom. The molecule has 25 heavy (non-hydrogen) atoms. The van der Waals surface area contributed by atoms with E-state index in [2.05, 4.69) is 5.32 Å². The third-order valence-electron chi connectivity index (χ3n) is 4.69. The molecule has 2 rings (SSSR count). The number of carbonyl (C=O) groups excluding carboxylic acids is 2. The van der Waals surface area contributed by atoms with Gasteiger partial charge in [0.05, 0.1) is 0 Å². The number of hydrogen-bond donors (Lipinski definition) is 1. The predicted octanol–water partition coefficient (Wildman–Crippen LogP) is 4.30. The Bertz CT molecular complexity index is 796. The van der Waals surface area contributed by atoms with E-state index in [0.717, 1.165) is 33.6 Å². The largest absolute Gasteiger partial charge is 0.326 e. The van der Waals surface area contributed by atoms with Gasteiger partial charge in [-0.25, -0.2) is 0 Å². The minimum Gasteiger partial charge on any atom is -0.326 e. The van der Waals surface area contributed by atoms with E-state index in [1.54, 1.807) is 4.90 Å². The Morgan fingerprint density at radius 3 is 2.16 bits per heavy atom.